The molecule has 1 unspecified atom stereocenters. The van der Waals surface area contributed by atoms with Crippen LogP contribution in [0.2, 0.25) is 0 Å². The standard InChI is InChI=1S/C43H68O5/c1-4-7-10-13-16-18-20-22-24-26-28-30-33-36-42(44)47-40-41(39-46-38-35-32-15-12-9-6-3)48-43(45)37-34-31-29-27-25-23-21-19-17-14-11-8-5-2/h7-8,10-11,16-19,22-25,28-31,41H,4-6,9,12-15,20-21,26-27,32-40H2,1-3H3/b10-7-,11-8-,18-16-,19-17-,24-22-,25-23-,30-28-,31-29-. The molecular formula is C43H68O5. The van der Waals surface area contributed by atoms with Gasteiger partial charge in [0.1, 0.15) is 6.61 Å². The second-order valence-corrected chi connectivity index (χ2v) is 11.7. The van der Waals surface area contributed by atoms with Crippen molar-refractivity contribution < 1.29 is 23.8 Å². The Hall–Kier alpha value is -3.18. The van der Waals surface area contributed by atoms with E-state index in [1.165, 1.54) is 25.7 Å². The van der Waals surface area contributed by atoms with E-state index in [4.69, 9.17) is 14.2 Å². The van der Waals surface area contributed by atoms with Crippen molar-refractivity contribution >= 4 is 11.9 Å². The van der Waals surface area contributed by atoms with Gasteiger partial charge in [0.25, 0.3) is 0 Å². The van der Waals surface area contributed by atoms with Crippen molar-refractivity contribution in [3.05, 3.63) is 97.2 Å². The third kappa shape index (κ3) is 35.7. The Morgan fingerprint density at radius 1 is 0.479 bits per heavy atom. The van der Waals surface area contributed by atoms with Crippen LogP contribution in [-0.2, 0) is 23.8 Å². The fraction of sp³-hybridized carbons (Fsp3) is 0.581. The molecule has 1 atom stereocenters. The van der Waals surface area contributed by atoms with Crippen LogP contribution in [0.1, 0.15) is 136 Å². The Labute approximate surface area is 294 Å². The third-order valence-corrected chi connectivity index (χ3v) is 7.14. The number of rotatable bonds is 32. The van der Waals surface area contributed by atoms with Gasteiger partial charge in [-0.25, -0.2) is 0 Å². The van der Waals surface area contributed by atoms with Crippen molar-refractivity contribution in [1.29, 1.82) is 0 Å². The van der Waals surface area contributed by atoms with Crippen molar-refractivity contribution in [3.63, 3.8) is 0 Å². The zero-order valence-electron chi connectivity index (χ0n) is 30.7. The van der Waals surface area contributed by atoms with E-state index in [0.29, 0.717) is 25.9 Å². The smallest absolute Gasteiger partial charge is 0.306 e. The Bertz CT molecular complexity index is 979. The Balaban J connectivity index is 4.43. The van der Waals surface area contributed by atoms with Gasteiger partial charge in [-0.1, -0.05) is 150 Å². The van der Waals surface area contributed by atoms with E-state index in [2.05, 4.69) is 106 Å². The number of hydrogen-bond donors (Lipinski definition) is 0. The molecule has 5 nitrogen and oxygen atoms in total. The highest BCUT2D eigenvalue weighted by Crippen LogP contribution is 2.07. The van der Waals surface area contributed by atoms with Crippen LogP contribution in [-0.4, -0.2) is 37.9 Å². The van der Waals surface area contributed by atoms with Crippen LogP contribution in [0.4, 0.5) is 0 Å². The van der Waals surface area contributed by atoms with Crippen LogP contribution >= 0.6 is 0 Å². The topological polar surface area (TPSA) is 61.8 Å². The van der Waals surface area contributed by atoms with Gasteiger partial charge in [-0.15, -0.1) is 0 Å². The molecule has 0 aliphatic rings. The average molecular weight is 665 g/mol. The first-order chi connectivity index (χ1) is 23.6. The van der Waals surface area contributed by atoms with Crippen LogP contribution in [0, 0.1) is 0 Å². The largest absolute Gasteiger partial charge is 0.462 e. The molecule has 0 spiro atoms. The SMILES string of the molecule is CC/C=C\C/C=C\C/C=C\C/C=C\CCC(=O)OCC(COCCCCCCCC)OC(=O)CC/C=C\C/C=C\C/C=C\C/C=C\CC. The first kappa shape index (κ1) is 44.8. The van der Waals surface area contributed by atoms with E-state index in [0.717, 1.165) is 64.2 Å². The van der Waals surface area contributed by atoms with Crippen LogP contribution in [0.25, 0.3) is 0 Å². The fourth-order valence-electron chi connectivity index (χ4n) is 4.42. The van der Waals surface area contributed by atoms with Gasteiger partial charge in [0, 0.05) is 19.4 Å². The van der Waals surface area contributed by atoms with E-state index >= 15 is 0 Å². The normalized spacial score (nSPS) is 13.3. The molecule has 0 saturated heterocycles. The summed E-state index contributed by atoms with van der Waals surface area (Å²) in [6.07, 6.45) is 50.1. The maximum Gasteiger partial charge on any atom is 0.306 e. The second-order valence-electron chi connectivity index (χ2n) is 11.7. The Morgan fingerprint density at radius 3 is 1.38 bits per heavy atom. The summed E-state index contributed by atoms with van der Waals surface area (Å²) in [7, 11) is 0. The summed E-state index contributed by atoms with van der Waals surface area (Å²) in [6.45, 7) is 7.35. The summed E-state index contributed by atoms with van der Waals surface area (Å²) in [5.41, 5.74) is 0. The van der Waals surface area contributed by atoms with E-state index in [-0.39, 0.29) is 31.6 Å². The molecule has 0 bridgehead atoms. The molecule has 5 heteroatoms. The molecule has 0 aliphatic carbocycles. The van der Waals surface area contributed by atoms with Gasteiger partial charge in [-0.3, -0.25) is 9.59 Å². The zero-order valence-corrected chi connectivity index (χ0v) is 30.7. The zero-order chi connectivity index (χ0) is 35.0. The Morgan fingerprint density at radius 2 is 0.896 bits per heavy atom. The van der Waals surface area contributed by atoms with Gasteiger partial charge in [0.15, 0.2) is 6.10 Å². The van der Waals surface area contributed by atoms with Crippen molar-refractivity contribution in [1.82, 2.24) is 0 Å². The third-order valence-electron chi connectivity index (χ3n) is 7.14. The van der Waals surface area contributed by atoms with E-state index in [1.54, 1.807) is 0 Å². The lowest BCUT2D eigenvalue weighted by atomic mass is 10.1. The van der Waals surface area contributed by atoms with Gasteiger partial charge in [-0.05, 0) is 70.6 Å². The fourth-order valence-corrected chi connectivity index (χ4v) is 4.42. The van der Waals surface area contributed by atoms with Crippen LogP contribution in [0.3, 0.4) is 0 Å². The predicted molar refractivity (Wildman–Crippen MR) is 205 cm³/mol. The number of ether oxygens (including phenoxy) is 3. The first-order valence-corrected chi connectivity index (χ1v) is 18.8. The molecule has 0 fully saturated rings. The lowest BCUT2D eigenvalue weighted by molar-refractivity contribution is -0.162. The number of allylic oxidation sites excluding steroid dienone is 16. The summed E-state index contributed by atoms with van der Waals surface area (Å²) in [5.74, 6) is -0.601. The van der Waals surface area contributed by atoms with Gasteiger partial charge < -0.3 is 14.2 Å². The van der Waals surface area contributed by atoms with E-state index in [9.17, 15) is 9.59 Å². The number of unbranched alkanes of at least 4 members (excludes halogenated alkanes) is 5. The number of carbonyl (C=O) groups excluding carboxylic acids is 2. The molecular weight excluding hydrogens is 596 g/mol. The van der Waals surface area contributed by atoms with Crippen molar-refractivity contribution in [2.24, 2.45) is 0 Å². The number of esters is 2. The first-order valence-electron chi connectivity index (χ1n) is 18.8. The second kappa shape index (κ2) is 38.3. The number of carbonyl (C=O) groups is 2. The molecule has 0 N–H and O–H groups in total. The summed E-state index contributed by atoms with van der Waals surface area (Å²) in [6, 6.07) is 0. The molecule has 270 valence electrons. The van der Waals surface area contributed by atoms with E-state index in [1.807, 2.05) is 12.2 Å². The molecule has 0 aromatic rings. The monoisotopic (exact) mass is 665 g/mol. The summed E-state index contributed by atoms with van der Waals surface area (Å²) in [4.78, 5) is 24.9. The van der Waals surface area contributed by atoms with Crippen molar-refractivity contribution in [2.45, 2.75) is 142 Å². The van der Waals surface area contributed by atoms with E-state index < -0.39 is 6.10 Å². The number of hydrogen-bond acceptors (Lipinski definition) is 5. The Kier molecular flexibility index (Phi) is 35.7. The summed E-state index contributed by atoms with van der Waals surface area (Å²) >= 11 is 0. The van der Waals surface area contributed by atoms with Gasteiger partial charge in [0.05, 0.1) is 6.61 Å². The minimum Gasteiger partial charge on any atom is -0.462 e. The maximum absolute atomic E-state index is 12.5. The van der Waals surface area contributed by atoms with Gasteiger partial charge >= 0.3 is 11.9 Å². The lowest BCUT2D eigenvalue weighted by Gasteiger charge is -2.18. The quantitative estimate of drug-likeness (QED) is 0.0407. The van der Waals surface area contributed by atoms with Crippen LogP contribution < -0.4 is 0 Å². The van der Waals surface area contributed by atoms with Crippen molar-refractivity contribution in [2.75, 3.05) is 19.8 Å². The van der Waals surface area contributed by atoms with Crippen LogP contribution in [0.5, 0.6) is 0 Å². The highest BCUT2D eigenvalue weighted by atomic mass is 16.6. The van der Waals surface area contributed by atoms with Crippen LogP contribution in [0.15, 0.2) is 97.2 Å². The molecule has 0 aromatic carbocycles. The molecule has 0 radical (unpaired) electrons. The maximum atomic E-state index is 12.5. The molecule has 0 rings (SSSR count). The van der Waals surface area contributed by atoms with Gasteiger partial charge in [-0.2, -0.15) is 0 Å². The molecule has 0 aromatic heterocycles. The summed E-state index contributed by atoms with van der Waals surface area (Å²) in [5, 5.41) is 0. The molecule has 0 saturated carbocycles. The minimum atomic E-state index is -0.601. The molecule has 0 heterocycles. The predicted octanol–water partition coefficient (Wildman–Crippen LogP) is 12.0. The molecule has 48 heavy (non-hydrogen) atoms. The minimum absolute atomic E-state index is 0.0131. The average Bonchev–Trinajstić information content (AvgIpc) is 3.08. The highest BCUT2D eigenvalue weighted by molar-refractivity contribution is 5.70. The molecule has 0 aliphatic heterocycles. The highest BCUT2D eigenvalue weighted by Gasteiger charge is 2.17. The van der Waals surface area contributed by atoms with Crippen molar-refractivity contribution in [3.8, 4) is 0 Å². The summed E-state index contributed by atoms with van der Waals surface area (Å²) < 4.78 is 16.9. The molecule has 0 amide bonds. The van der Waals surface area contributed by atoms with Gasteiger partial charge in [0.2, 0.25) is 0 Å². The lowest BCUT2D eigenvalue weighted by Crippen LogP contribution is -2.30.